The van der Waals surface area contributed by atoms with E-state index in [1.165, 1.54) is 0 Å². The standard InChI is InChI=1S/C19H18N3.Ir/c1-12-8-7-9-13-16(12)21-18(19(2,3)4)22-15-11-6-5-10-14(15)20-17(13)22;/h5-8,10-11H,1-4H3;/q-1;. The predicted molar refractivity (Wildman–Crippen MR) is 90.3 cm³/mol. The number of rotatable bonds is 0. The van der Waals surface area contributed by atoms with Gasteiger partial charge in [0, 0.05) is 25.5 Å². The van der Waals surface area contributed by atoms with E-state index in [0.29, 0.717) is 0 Å². The largest absolute Gasteiger partial charge is 0.321 e. The Bertz CT molecular complexity index is 1030. The Kier molecular flexibility index (Phi) is 3.78. The fourth-order valence-electron chi connectivity index (χ4n) is 2.98. The Morgan fingerprint density at radius 2 is 1.78 bits per heavy atom. The Morgan fingerprint density at radius 3 is 2.52 bits per heavy atom. The van der Waals surface area contributed by atoms with Crippen molar-refractivity contribution in [3.8, 4) is 0 Å². The van der Waals surface area contributed by atoms with Crippen molar-refractivity contribution < 1.29 is 20.1 Å². The second kappa shape index (κ2) is 5.40. The molecular formula is C19H18IrN3-. The first kappa shape index (κ1) is 16.1. The smallest absolute Gasteiger partial charge is 0.102 e. The molecule has 0 spiro atoms. The van der Waals surface area contributed by atoms with Crippen LogP contribution in [-0.4, -0.2) is 14.4 Å². The maximum Gasteiger partial charge on any atom is 0.102 e. The predicted octanol–water partition coefficient (Wildman–Crippen LogP) is 4.44. The van der Waals surface area contributed by atoms with Crippen molar-refractivity contribution in [1.29, 1.82) is 0 Å². The maximum atomic E-state index is 4.99. The molecule has 3 nitrogen and oxygen atoms in total. The second-order valence-electron chi connectivity index (χ2n) is 6.83. The summed E-state index contributed by atoms with van der Waals surface area (Å²) in [5, 5.41) is 0.990. The summed E-state index contributed by atoms with van der Waals surface area (Å²) in [5.74, 6) is 1.03. The molecule has 23 heavy (non-hydrogen) atoms. The summed E-state index contributed by atoms with van der Waals surface area (Å²) in [6, 6.07) is 15.6. The van der Waals surface area contributed by atoms with Gasteiger partial charge in [0.15, 0.2) is 0 Å². The number of aromatic nitrogens is 3. The number of imidazole rings is 1. The average Bonchev–Trinajstić information content (AvgIpc) is 2.85. The van der Waals surface area contributed by atoms with E-state index >= 15 is 0 Å². The molecule has 0 amide bonds. The summed E-state index contributed by atoms with van der Waals surface area (Å²) in [4.78, 5) is 9.84. The summed E-state index contributed by atoms with van der Waals surface area (Å²) < 4.78 is 2.19. The van der Waals surface area contributed by atoms with Gasteiger partial charge in [0.2, 0.25) is 0 Å². The third-order valence-corrected chi connectivity index (χ3v) is 4.06. The second-order valence-corrected chi connectivity index (χ2v) is 6.83. The molecule has 0 aliphatic heterocycles. The fraction of sp³-hybridized carbons (Fsp3) is 0.263. The molecule has 4 aromatic rings. The summed E-state index contributed by atoms with van der Waals surface area (Å²) in [6.45, 7) is 8.67. The van der Waals surface area contributed by atoms with Crippen molar-refractivity contribution in [3.63, 3.8) is 0 Å². The molecule has 4 rings (SSSR count). The van der Waals surface area contributed by atoms with Crippen LogP contribution in [0.5, 0.6) is 0 Å². The summed E-state index contributed by atoms with van der Waals surface area (Å²) in [7, 11) is 0. The first-order chi connectivity index (χ1) is 10.5. The zero-order valence-corrected chi connectivity index (χ0v) is 16.0. The van der Waals surface area contributed by atoms with Gasteiger partial charge in [-0.25, -0.2) is 0 Å². The molecule has 0 aliphatic rings. The Labute approximate surface area is 149 Å². The Hall–Kier alpha value is -1.77. The number of aryl methyl sites for hydroxylation is 1. The van der Waals surface area contributed by atoms with E-state index < -0.39 is 0 Å². The van der Waals surface area contributed by atoms with Gasteiger partial charge in [-0.15, -0.1) is 23.8 Å². The number of hydrogen-bond donors (Lipinski definition) is 0. The summed E-state index contributed by atoms with van der Waals surface area (Å²) >= 11 is 0. The normalized spacial score (nSPS) is 12.0. The fourth-order valence-corrected chi connectivity index (χ4v) is 2.98. The molecule has 0 atom stereocenters. The van der Waals surface area contributed by atoms with E-state index in [-0.39, 0.29) is 25.5 Å². The zero-order valence-electron chi connectivity index (χ0n) is 13.6. The van der Waals surface area contributed by atoms with Gasteiger partial charge in [-0.2, -0.15) is 0 Å². The van der Waals surface area contributed by atoms with Crippen molar-refractivity contribution in [2.24, 2.45) is 0 Å². The first-order valence-electron chi connectivity index (χ1n) is 7.55. The third-order valence-electron chi connectivity index (χ3n) is 4.06. The Balaban J connectivity index is 0.00000156. The van der Waals surface area contributed by atoms with Crippen LogP contribution in [0.1, 0.15) is 32.2 Å². The quantitative estimate of drug-likeness (QED) is 0.349. The van der Waals surface area contributed by atoms with Gasteiger partial charge in [0.25, 0.3) is 0 Å². The van der Waals surface area contributed by atoms with Crippen LogP contribution < -0.4 is 0 Å². The molecule has 4 heteroatoms. The molecule has 0 saturated heterocycles. The van der Waals surface area contributed by atoms with Gasteiger partial charge in [-0.3, -0.25) is 9.97 Å². The number of hydrogen-bond acceptors (Lipinski definition) is 2. The van der Waals surface area contributed by atoms with Gasteiger partial charge in [-0.1, -0.05) is 45.2 Å². The minimum Gasteiger partial charge on any atom is -0.321 e. The van der Waals surface area contributed by atoms with Crippen molar-refractivity contribution >= 4 is 27.6 Å². The summed E-state index contributed by atoms with van der Waals surface area (Å²) in [6.07, 6.45) is 0. The molecule has 0 unspecified atom stereocenters. The molecule has 2 heterocycles. The van der Waals surface area contributed by atoms with Gasteiger partial charge < -0.3 is 4.40 Å². The molecule has 2 aromatic carbocycles. The monoisotopic (exact) mass is 481 g/mol. The molecule has 0 aliphatic carbocycles. The van der Waals surface area contributed by atoms with E-state index in [2.05, 4.69) is 56.4 Å². The molecule has 1 radical (unpaired) electrons. The van der Waals surface area contributed by atoms with Gasteiger partial charge in [0.05, 0.1) is 16.7 Å². The van der Waals surface area contributed by atoms with Crippen LogP contribution in [0.2, 0.25) is 0 Å². The third kappa shape index (κ3) is 2.37. The van der Waals surface area contributed by atoms with Crippen molar-refractivity contribution in [2.45, 2.75) is 33.1 Å². The molecule has 0 fully saturated rings. The zero-order chi connectivity index (χ0) is 15.5. The number of benzene rings is 2. The molecular weight excluding hydrogens is 462 g/mol. The van der Waals surface area contributed by atoms with Crippen LogP contribution in [-0.2, 0) is 25.5 Å². The number of fused-ring (bicyclic) bond motifs is 5. The molecule has 2 aromatic heterocycles. The minimum atomic E-state index is -0.0712. The van der Waals surface area contributed by atoms with Crippen LogP contribution in [0, 0.1) is 13.0 Å². The summed E-state index contributed by atoms with van der Waals surface area (Å²) in [5.41, 5.74) is 5.13. The van der Waals surface area contributed by atoms with Gasteiger partial charge in [-0.05, 0) is 17.6 Å². The molecule has 119 valence electrons. The number of nitrogens with zero attached hydrogens (tertiary/aromatic N) is 3. The topological polar surface area (TPSA) is 30.2 Å². The molecule has 0 bridgehead atoms. The maximum absolute atomic E-state index is 4.99. The van der Waals surface area contributed by atoms with E-state index in [4.69, 9.17) is 9.97 Å². The SMILES string of the molecule is Cc1cc[c-]c2c1nc(C(C)(C)C)n1c3ccccc3nc21.[Ir]. The van der Waals surface area contributed by atoms with Crippen molar-refractivity contribution in [2.75, 3.05) is 0 Å². The van der Waals surface area contributed by atoms with E-state index in [1.807, 2.05) is 18.2 Å². The van der Waals surface area contributed by atoms with Crippen LogP contribution in [0.4, 0.5) is 0 Å². The average molecular weight is 481 g/mol. The first-order valence-corrected chi connectivity index (χ1v) is 7.55. The molecule has 0 saturated carbocycles. The van der Waals surface area contributed by atoms with Crippen LogP contribution >= 0.6 is 0 Å². The van der Waals surface area contributed by atoms with Crippen molar-refractivity contribution in [1.82, 2.24) is 14.4 Å². The van der Waals surface area contributed by atoms with E-state index in [9.17, 15) is 0 Å². The number of para-hydroxylation sites is 2. The van der Waals surface area contributed by atoms with Gasteiger partial charge in [0.1, 0.15) is 5.82 Å². The molecule has 0 N–H and O–H groups in total. The van der Waals surface area contributed by atoms with Crippen LogP contribution in [0.3, 0.4) is 0 Å². The van der Waals surface area contributed by atoms with Crippen LogP contribution in [0.25, 0.3) is 27.6 Å². The van der Waals surface area contributed by atoms with Gasteiger partial charge >= 0.3 is 0 Å². The van der Waals surface area contributed by atoms with Crippen LogP contribution in [0.15, 0.2) is 36.4 Å². The van der Waals surface area contributed by atoms with Crippen molar-refractivity contribution in [3.05, 3.63) is 53.9 Å². The van der Waals surface area contributed by atoms with E-state index in [1.54, 1.807) is 0 Å². The Morgan fingerprint density at radius 1 is 1.04 bits per heavy atom. The van der Waals surface area contributed by atoms with E-state index in [0.717, 1.165) is 39.0 Å². The minimum absolute atomic E-state index is 0.